The molecule has 0 aliphatic carbocycles. The smallest absolute Gasteiger partial charge is 0.140 e. The second-order valence-corrected chi connectivity index (χ2v) is 3.32. The number of pyridine rings is 1. The predicted octanol–water partition coefficient (Wildman–Crippen LogP) is 2.36. The van der Waals surface area contributed by atoms with Gasteiger partial charge in [-0.05, 0) is 18.1 Å². The Morgan fingerprint density at radius 3 is 3.08 bits per heavy atom. The number of H-pyrrole nitrogens is 1. The van der Waals surface area contributed by atoms with Gasteiger partial charge >= 0.3 is 0 Å². The highest BCUT2D eigenvalue weighted by Crippen LogP contribution is 2.28. The third-order valence-electron chi connectivity index (χ3n) is 2.08. The van der Waals surface area contributed by atoms with Gasteiger partial charge in [-0.15, -0.1) is 0 Å². The van der Waals surface area contributed by atoms with Gasteiger partial charge in [0.05, 0.1) is 5.02 Å². The third kappa shape index (κ3) is 1.25. The van der Waals surface area contributed by atoms with E-state index in [0.717, 1.165) is 23.0 Å². The fraction of sp³-hybridized carbons (Fsp3) is 0.222. The minimum atomic E-state index is 0.484. The molecular formula is C9H10ClN3. The van der Waals surface area contributed by atoms with Gasteiger partial charge in [0.1, 0.15) is 11.5 Å². The number of anilines is 1. The number of halogens is 1. The molecule has 13 heavy (non-hydrogen) atoms. The van der Waals surface area contributed by atoms with Crippen molar-refractivity contribution in [3.63, 3.8) is 0 Å². The van der Waals surface area contributed by atoms with Crippen molar-refractivity contribution < 1.29 is 0 Å². The Balaban J connectivity index is 2.75. The van der Waals surface area contributed by atoms with Crippen molar-refractivity contribution in [3.05, 3.63) is 22.8 Å². The van der Waals surface area contributed by atoms with Gasteiger partial charge in [-0.25, -0.2) is 4.98 Å². The summed E-state index contributed by atoms with van der Waals surface area (Å²) in [6.07, 6.45) is 2.78. The van der Waals surface area contributed by atoms with Gasteiger partial charge in [0.25, 0.3) is 0 Å². The molecule has 0 bridgehead atoms. The number of nitrogens with one attached hydrogen (secondary N) is 1. The molecule has 2 aromatic heterocycles. The van der Waals surface area contributed by atoms with Gasteiger partial charge in [-0.3, -0.25) is 0 Å². The van der Waals surface area contributed by atoms with Gasteiger partial charge in [0.15, 0.2) is 0 Å². The van der Waals surface area contributed by atoms with Crippen LogP contribution in [0.3, 0.4) is 0 Å². The molecule has 4 heteroatoms. The first-order chi connectivity index (χ1) is 6.22. The van der Waals surface area contributed by atoms with Crippen molar-refractivity contribution >= 4 is 28.5 Å². The van der Waals surface area contributed by atoms with Crippen LogP contribution in [0.15, 0.2) is 12.3 Å². The Bertz CT molecular complexity index is 447. The largest absolute Gasteiger partial charge is 0.384 e. The molecule has 0 aliphatic rings. The highest BCUT2D eigenvalue weighted by Gasteiger charge is 2.07. The first-order valence-corrected chi connectivity index (χ1v) is 4.51. The number of hydrogen-bond donors (Lipinski definition) is 2. The second-order valence-electron chi connectivity index (χ2n) is 2.95. The molecule has 2 rings (SSSR count). The Hall–Kier alpha value is -1.22. The Morgan fingerprint density at radius 1 is 1.62 bits per heavy atom. The van der Waals surface area contributed by atoms with Crippen molar-refractivity contribution in [1.29, 1.82) is 0 Å². The summed E-state index contributed by atoms with van der Waals surface area (Å²) < 4.78 is 0. The highest BCUT2D eigenvalue weighted by atomic mass is 35.5. The van der Waals surface area contributed by atoms with E-state index in [-0.39, 0.29) is 0 Å². The number of rotatable bonds is 1. The van der Waals surface area contributed by atoms with Gasteiger partial charge in [-0.1, -0.05) is 18.5 Å². The van der Waals surface area contributed by atoms with Crippen LogP contribution in [-0.4, -0.2) is 9.97 Å². The number of aryl methyl sites for hydroxylation is 1. The van der Waals surface area contributed by atoms with Gasteiger partial charge in [0, 0.05) is 11.6 Å². The number of aromatic amines is 1. The van der Waals surface area contributed by atoms with Gasteiger partial charge < -0.3 is 10.7 Å². The summed E-state index contributed by atoms with van der Waals surface area (Å²) in [6, 6.07) is 2.01. The lowest BCUT2D eigenvalue weighted by Gasteiger charge is -1.94. The van der Waals surface area contributed by atoms with Crippen LogP contribution in [0.4, 0.5) is 5.82 Å². The minimum absolute atomic E-state index is 0.484. The summed E-state index contributed by atoms with van der Waals surface area (Å²) in [4.78, 5) is 7.13. The number of nitrogens with zero attached hydrogens (tertiary/aromatic N) is 1. The summed E-state index contributed by atoms with van der Waals surface area (Å²) in [5.74, 6) is 0.484. The zero-order valence-electron chi connectivity index (χ0n) is 7.26. The van der Waals surface area contributed by atoms with E-state index in [9.17, 15) is 0 Å². The standard InChI is InChI=1S/C9H10ClN3/c1-2-5-3-6-7(10)8(11)13-9(6)12-4-5/h3-4H,2,11H2,1H3,(H,12,13). The van der Waals surface area contributed by atoms with Gasteiger partial charge in [0.2, 0.25) is 0 Å². The quantitative estimate of drug-likeness (QED) is 0.734. The van der Waals surface area contributed by atoms with Crippen molar-refractivity contribution in [2.45, 2.75) is 13.3 Å². The normalized spacial score (nSPS) is 10.9. The molecule has 0 fully saturated rings. The van der Waals surface area contributed by atoms with E-state index in [1.54, 1.807) is 0 Å². The molecule has 0 atom stereocenters. The maximum Gasteiger partial charge on any atom is 0.140 e. The number of fused-ring (bicyclic) bond motifs is 1. The molecule has 0 aliphatic heterocycles. The summed E-state index contributed by atoms with van der Waals surface area (Å²) >= 11 is 5.97. The summed E-state index contributed by atoms with van der Waals surface area (Å²) in [5, 5.41) is 1.47. The average Bonchev–Trinajstić information content (AvgIpc) is 2.43. The number of hydrogen-bond acceptors (Lipinski definition) is 2. The zero-order valence-corrected chi connectivity index (χ0v) is 8.02. The molecular weight excluding hydrogens is 186 g/mol. The molecule has 3 N–H and O–H groups in total. The zero-order chi connectivity index (χ0) is 9.42. The first kappa shape index (κ1) is 8.38. The fourth-order valence-corrected chi connectivity index (χ4v) is 1.49. The molecule has 0 amide bonds. The number of nitrogens with two attached hydrogens (primary N) is 1. The number of aromatic nitrogens is 2. The topological polar surface area (TPSA) is 54.7 Å². The fourth-order valence-electron chi connectivity index (χ4n) is 1.30. The molecule has 0 saturated carbocycles. The molecule has 0 saturated heterocycles. The molecule has 0 radical (unpaired) electrons. The molecule has 3 nitrogen and oxygen atoms in total. The van der Waals surface area contributed by atoms with Crippen LogP contribution < -0.4 is 5.73 Å². The third-order valence-corrected chi connectivity index (χ3v) is 2.49. The Morgan fingerprint density at radius 2 is 2.38 bits per heavy atom. The second kappa shape index (κ2) is 2.92. The van der Waals surface area contributed by atoms with Crippen molar-refractivity contribution in [3.8, 4) is 0 Å². The summed E-state index contributed by atoms with van der Waals surface area (Å²) in [6.45, 7) is 2.08. The monoisotopic (exact) mass is 195 g/mol. The molecule has 68 valence electrons. The Kier molecular flexibility index (Phi) is 1.88. The molecule has 2 aromatic rings. The minimum Gasteiger partial charge on any atom is -0.384 e. The van der Waals surface area contributed by atoms with Crippen LogP contribution in [0.1, 0.15) is 12.5 Å². The molecule has 0 spiro atoms. The lowest BCUT2D eigenvalue weighted by atomic mass is 10.2. The van der Waals surface area contributed by atoms with Crippen molar-refractivity contribution in [2.24, 2.45) is 0 Å². The van der Waals surface area contributed by atoms with E-state index in [1.165, 1.54) is 0 Å². The SMILES string of the molecule is CCc1cnc2[nH]c(N)c(Cl)c2c1. The average molecular weight is 196 g/mol. The Labute approximate surface area is 80.9 Å². The van der Waals surface area contributed by atoms with Gasteiger partial charge in [-0.2, -0.15) is 0 Å². The van der Waals surface area contributed by atoms with E-state index < -0.39 is 0 Å². The molecule has 0 unspecified atom stereocenters. The van der Waals surface area contributed by atoms with E-state index in [1.807, 2.05) is 12.3 Å². The van der Waals surface area contributed by atoms with Crippen molar-refractivity contribution in [1.82, 2.24) is 9.97 Å². The van der Waals surface area contributed by atoms with Crippen LogP contribution in [0.25, 0.3) is 11.0 Å². The number of nitrogen functional groups attached to an aromatic ring is 1. The van der Waals surface area contributed by atoms with E-state index in [2.05, 4.69) is 16.9 Å². The predicted molar refractivity (Wildman–Crippen MR) is 54.9 cm³/mol. The molecule has 2 heterocycles. The maximum absolute atomic E-state index is 5.97. The van der Waals surface area contributed by atoms with Crippen LogP contribution >= 0.6 is 11.6 Å². The lowest BCUT2D eigenvalue weighted by molar-refractivity contribution is 1.12. The summed E-state index contributed by atoms with van der Waals surface area (Å²) in [7, 11) is 0. The lowest BCUT2D eigenvalue weighted by Crippen LogP contribution is -1.83. The van der Waals surface area contributed by atoms with E-state index in [4.69, 9.17) is 17.3 Å². The van der Waals surface area contributed by atoms with E-state index in [0.29, 0.717) is 10.8 Å². The highest BCUT2D eigenvalue weighted by molar-refractivity contribution is 6.37. The van der Waals surface area contributed by atoms with Crippen LogP contribution in [-0.2, 0) is 6.42 Å². The maximum atomic E-state index is 5.97. The molecule has 0 aromatic carbocycles. The van der Waals surface area contributed by atoms with Crippen LogP contribution in [0.5, 0.6) is 0 Å². The van der Waals surface area contributed by atoms with Crippen LogP contribution in [0.2, 0.25) is 5.02 Å². The van der Waals surface area contributed by atoms with Crippen LogP contribution in [0, 0.1) is 0 Å². The first-order valence-electron chi connectivity index (χ1n) is 4.14. The summed E-state index contributed by atoms with van der Waals surface area (Å²) in [5.41, 5.74) is 7.53. The van der Waals surface area contributed by atoms with E-state index >= 15 is 0 Å². The van der Waals surface area contributed by atoms with Crippen molar-refractivity contribution in [2.75, 3.05) is 5.73 Å².